The molecule has 0 spiro atoms. The van der Waals surface area contributed by atoms with Gasteiger partial charge in [0.2, 0.25) is 15.9 Å². The Kier molecular flexibility index (Phi) is 4.72. The van der Waals surface area contributed by atoms with Crippen LogP contribution in [0.25, 0.3) is 0 Å². The summed E-state index contributed by atoms with van der Waals surface area (Å²) in [5, 5.41) is 7.85. The number of anilines is 1. The molecule has 1 atom stereocenters. The number of rotatable bonds is 4. The third-order valence-electron chi connectivity index (χ3n) is 2.58. The molecule has 18 heavy (non-hydrogen) atoms. The van der Waals surface area contributed by atoms with E-state index in [1.54, 1.807) is 6.92 Å². The number of benzene rings is 1. The van der Waals surface area contributed by atoms with Gasteiger partial charge in [-0.05, 0) is 24.6 Å². The van der Waals surface area contributed by atoms with Crippen LogP contribution in [0.5, 0.6) is 0 Å². The van der Waals surface area contributed by atoms with Crippen LogP contribution in [0.4, 0.5) is 5.69 Å². The van der Waals surface area contributed by atoms with Gasteiger partial charge in [0.1, 0.15) is 0 Å². The Bertz CT molecular complexity index is 557. The second-order valence-corrected chi connectivity index (χ2v) is 5.95. The predicted octanol–water partition coefficient (Wildman–Crippen LogP) is 1.97. The minimum absolute atomic E-state index is 0.0913. The fourth-order valence-corrected chi connectivity index (χ4v) is 1.92. The quantitative estimate of drug-likeness (QED) is 0.888. The van der Waals surface area contributed by atoms with Gasteiger partial charge in [0, 0.05) is 5.92 Å². The maximum absolute atomic E-state index is 11.7. The zero-order valence-electron chi connectivity index (χ0n) is 10.1. The highest BCUT2D eigenvalue weighted by molar-refractivity contribution is 7.89. The van der Waals surface area contributed by atoms with Crippen LogP contribution >= 0.6 is 11.6 Å². The first-order valence-electron chi connectivity index (χ1n) is 5.39. The summed E-state index contributed by atoms with van der Waals surface area (Å²) in [7, 11) is -3.81. The molecule has 0 heterocycles. The Labute approximate surface area is 111 Å². The molecule has 0 aliphatic rings. The van der Waals surface area contributed by atoms with Gasteiger partial charge in [-0.1, -0.05) is 25.4 Å². The van der Waals surface area contributed by atoms with E-state index in [0.717, 1.165) is 0 Å². The molecule has 1 aromatic rings. The highest BCUT2D eigenvalue weighted by Crippen LogP contribution is 2.25. The molecule has 1 aromatic carbocycles. The molecule has 0 aromatic heterocycles. The van der Waals surface area contributed by atoms with E-state index in [0.29, 0.717) is 6.42 Å². The van der Waals surface area contributed by atoms with E-state index in [-0.39, 0.29) is 27.4 Å². The average Bonchev–Trinajstić information content (AvgIpc) is 2.29. The van der Waals surface area contributed by atoms with Crippen molar-refractivity contribution in [2.24, 2.45) is 11.1 Å². The minimum Gasteiger partial charge on any atom is -0.324 e. The lowest BCUT2D eigenvalue weighted by molar-refractivity contribution is -0.119. The van der Waals surface area contributed by atoms with E-state index in [9.17, 15) is 13.2 Å². The van der Waals surface area contributed by atoms with Gasteiger partial charge in [0.15, 0.2) is 0 Å². The first-order valence-corrected chi connectivity index (χ1v) is 7.31. The van der Waals surface area contributed by atoms with Crippen molar-refractivity contribution in [3.8, 4) is 0 Å². The summed E-state index contributed by atoms with van der Waals surface area (Å²) in [4.78, 5) is 11.6. The lowest BCUT2D eigenvalue weighted by Gasteiger charge is -2.12. The van der Waals surface area contributed by atoms with Crippen molar-refractivity contribution in [1.29, 1.82) is 0 Å². The maximum Gasteiger partial charge on any atom is 0.238 e. The Morgan fingerprint density at radius 2 is 2.11 bits per heavy atom. The number of carbonyl (C=O) groups excluding carboxylic acids is 1. The molecule has 0 fully saturated rings. The molecule has 0 saturated carbocycles. The molecule has 1 unspecified atom stereocenters. The molecule has 100 valence electrons. The van der Waals surface area contributed by atoms with Crippen LogP contribution in [0, 0.1) is 5.92 Å². The van der Waals surface area contributed by atoms with E-state index in [4.69, 9.17) is 16.7 Å². The number of halogens is 1. The first-order chi connectivity index (χ1) is 8.25. The summed E-state index contributed by atoms with van der Waals surface area (Å²) in [5.74, 6) is -0.398. The number of sulfonamides is 1. The lowest BCUT2D eigenvalue weighted by atomic mass is 10.1. The van der Waals surface area contributed by atoms with Gasteiger partial charge in [-0.25, -0.2) is 13.6 Å². The van der Waals surface area contributed by atoms with Crippen LogP contribution in [-0.2, 0) is 14.8 Å². The van der Waals surface area contributed by atoms with Crippen molar-refractivity contribution in [3.63, 3.8) is 0 Å². The standard InChI is InChI=1S/C11H15ClN2O3S/c1-3-7(2)11(15)14-10-6-8(18(13,16)17)4-5-9(10)12/h4-7H,3H2,1-2H3,(H,14,15)(H2,13,16,17). The third-order valence-corrected chi connectivity index (χ3v) is 3.82. The van der Waals surface area contributed by atoms with Crippen LogP contribution in [0.15, 0.2) is 23.1 Å². The second-order valence-electron chi connectivity index (χ2n) is 3.99. The number of hydrogen-bond acceptors (Lipinski definition) is 3. The normalized spacial score (nSPS) is 13.1. The van der Waals surface area contributed by atoms with Crippen molar-refractivity contribution < 1.29 is 13.2 Å². The van der Waals surface area contributed by atoms with Crippen molar-refractivity contribution in [2.75, 3.05) is 5.32 Å². The van der Waals surface area contributed by atoms with E-state index in [1.807, 2.05) is 6.92 Å². The predicted molar refractivity (Wildman–Crippen MR) is 70.9 cm³/mol. The molecule has 0 saturated heterocycles. The van der Waals surface area contributed by atoms with Crippen molar-refractivity contribution >= 4 is 33.2 Å². The molecule has 3 N–H and O–H groups in total. The second kappa shape index (κ2) is 5.69. The number of hydrogen-bond donors (Lipinski definition) is 2. The first kappa shape index (κ1) is 14.9. The van der Waals surface area contributed by atoms with Gasteiger partial charge in [-0.15, -0.1) is 0 Å². The number of primary sulfonamides is 1. The van der Waals surface area contributed by atoms with Crippen LogP contribution in [0.2, 0.25) is 5.02 Å². The van der Waals surface area contributed by atoms with Gasteiger partial charge in [-0.2, -0.15) is 0 Å². The van der Waals surface area contributed by atoms with Crippen molar-refractivity contribution in [2.45, 2.75) is 25.2 Å². The molecular formula is C11H15ClN2O3S. The van der Waals surface area contributed by atoms with E-state index < -0.39 is 10.0 Å². The lowest BCUT2D eigenvalue weighted by Crippen LogP contribution is -2.20. The highest BCUT2D eigenvalue weighted by Gasteiger charge is 2.15. The monoisotopic (exact) mass is 290 g/mol. The smallest absolute Gasteiger partial charge is 0.238 e. The largest absolute Gasteiger partial charge is 0.324 e. The number of carbonyl (C=O) groups is 1. The van der Waals surface area contributed by atoms with E-state index in [2.05, 4.69) is 5.32 Å². The van der Waals surface area contributed by atoms with Gasteiger partial charge in [0.05, 0.1) is 15.6 Å². The fraction of sp³-hybridized carbons (Fsp3) is 0.364. The summed E-state index contributed by atoms with van der Waals surface area (Å²) in [6.07, 6.45) is 0.679. The van der Waals surface area contributed by atoms with Crippen molar-refractivity contribution in [1.82, 2.24) is 0 Å². The van der Waals surface area contributed by atoms with Crippen LogP contribution in [0.3, 0.4) is 0 Å². The summed E-state index contributed by atoms with van der Waals surface area (Å²) < 4.78 is 22.4. The number of nitrogens with two attached hydrogens (primary N) is 1. The molecule has 7 heteroatoms. The molecular weight excluding hydrogens is 276 g/mol. The minimum atomic E-state index is -3.81. The molecule has 5 nitrogen and oxygen atoms in total. The summed E-state index contributed by atoms with van der Waals surface area (Å²) >= 11 is 5.89. The number of amides is 1. The Balaban J connectivity index is 3.06. The Hall–Kier alpha value is -1.11. The zero-order valence-corrected chi connectivity index (χ0v) is 11.7. The molecule has 1 amide bonds. The zero-order chi connectivity index (χ0) is 13.9. The maximum atomic E-state index is 11.7. The van der Waals surface area contributed by atoms with Crippen LogP contribution in [-0.4, -0.2) is 14.3 Å². The molecule has 0 aliphatic heterocycles. The highest BCUT2D eigenvalue weighted by atomic mass is 35.5. The van der Waals surface area contributed by atoms with Crippen molar-refractivity contribution in [3.05, 3.63) is 23.2 Å². The average molecular weight is 291 g/mol. The number of nitrogens with one attached hydrogen (secondary N) is 1. The summed E-state index contributed by atoms with van der Waals surface area (Å²) in [6, 6.07) is 3.92. The van der Waals surface area contributed by atoms with Gasteiger partial charge >= 0.3 is 0 Å². The van der Waals surface area contributed by atoms with Gasteiger partial charge < -0.3 is 5.32 Å². The van der Waals surface area contributed by atoms with Gasteiger partial charge in [0.25, 0.3) is 0 Å². The Morgan fingerprint density at radius 3 is 2.61 bits per heavy atom. The summed E-state index contributed by atoms with van der Waals surface area (Å²) in [5.41, 5.74) is 0.244. The third kappa shape index (κ3) is 3.69. The van der Waals surface area contributed by atoms with Crippen LogP contribution in [0.1, 0.15) is 20.3 Å². The van der Waals surface area contributed by atoms with Gasteiger partial charge in [-0.3, -0.25) is 4.79 Å². The Morgan fingerprint density at radius 1 is 1.50 bits per heavy atom. The molecule has 0 bridgehead atoms. The topological polar surface area (TPSA) is 89.3 Å². The van der Waals surface area contributed by atoms with Crippen LogP contribution < -0.4 is 10.5 Å². The molecule has 0 aliphatic carbocycles. The fourth-order valence-electron chi connectivity index (χ4n) is 1.22. The SMILES string of the molecule is CCC(C)C(=O)Nc1cc(S(N)(=O)=O)ccc1Cl. The van der Waals surface area contributed by atoms with E-state index >= 15 is 0 Å². The molecule has 1 rings (SSSR count). The summed E-state index contributed by atoms with van der Waals surface area (Å²) in [6.45, 7) is 3.65. The molecule has 0 radical (unpaired) electrons. The van der Waals surface area contributed by atoms with E-state index in [1.165, 1.54) is 18.2 Å².